The van der Waals surface area contributed by atoms with E-state index in [9.17, 15) is 0 Å². The lowest BCUT2D eigenvalue weighted by molar-refractivity contribution is 1.11. The van der Waals surface area contributed by atoms with Crippen LogP contribution in [0.15, 0.2) is 42.5 Å². The van der Waals surface area contributed by atoms with Crippen molar-refractivity contribution in [3.63, 3.8) is 0 Å². The molecule has 0 aliphatic rings. The Kier molecular flexibility index (Phi) is 3.32. The SMILES string of the molecule is CC(C)SCc1cccc2ccccc12. The Balaban J connectivity index is 2.34. The van der Waals surface area contributed by atoms with Gasteiger partial charge in [0, 0.05) is 5.75 Å². The van der Waals surface area contributed by atoms with E-state index < -0.39 is 0 Å². The summed E-state index contributed by atoms with van der Waals surface area (Å²) in [5.74, 6) is 1.11. The summed E-state index contributed by atoms with van der Waals surface area (Å²) in [7, 11) is 0. The van der Waals surface area contributed by atoms with Gasteiger partial charge in [-0.25, -0.2) is 0 Å². The first kappa shape index (κ1) is 10.6. The molecule has 0 unspecified atom stereocenters. The fourth-order valence-electron chi connectivity index (χ4n) is 1.67. The third kappa shape index (κ3) is 2.54. The van der Waals surface area contributed by atoms with Crippen LogP contribution in [0, 0.1) is 0 Å². The van der Waals surface area contributed by atoms with Crippen LogP contribution >= 0.6 is 11.8 Å². The van der Waals surface area contributed by atoms with E-state index in [1.807, 2.05) is 11.8 Å². The molecule has 0 aliphatic heterocycles. The Morgan fingerprint density at radius 2 is 1.73 bits per heavy atom. The molecule has 0 amide bonds. The molecule has 2 aromatic carbocycles. The molecule has 15 heavy (non-hydrogen) atoms. The molecule has 0 saturated heterocycles. The van der Waals surface area contributed by atoms with Gasteiger partial charge in [0.2, 0.25) is 0 Å². The van der Waals surface area contributed by atoms with Crippen molar-refractivity contribution in [3.05, 3.63) is 48.0 Å². The third-order valence-corrected chi connectivity index (χ3v) is 3.60. The number of benzene rings is 2. The maximum atomic E-state index is 2.25. The molecular formula is C14H16S. The van der Waals surface area contributed by atoms with E-state index in [1.54, 1.807) is 0 Å². The highest BCUT2D eigenvalue weighted by molar-refractivity contribution is 7.99. The van der Waals surface area contributed by atoms with Crippen molar-refractivity contribution in [3.8, 4) is 0 Å². The van der Waals surface area contributed by atoms with Gasteiger partial charge in [-0.05, 0) is 21.6 Å². The highest BCUT2D eigenvalue weighted by Gasteiger charge is 2.01. The third-order valence-electron chi connectivity index (χ3n) is 2.45. The minimum atomic E-state index is 0.698. The quantitative estimate of drug-likeness (QED) is 0.729. The van der Waals surface area contributed by atoms with Crippen LogP contribution in [-0.2, 0) is 5.75 Å². The summed E-state index contributed by atoms with van der Waals surface area (Å²) in [6.45, 7) is 4.49. The highest BCUT2D eigenvalue weighted by atomic mass is 32.2. The van der Waals surface area contributed by atoms with E-state index in [2.05, 4.69) is 56.3 Å². The molecule has 0 aromatic heterocycles. The zero-order valence-electron chi connectivity index (χ0n) is 9.23. The zero-order chi connectivity index (χ0) is 10.7. The molecule has 0 spiro atoms. The number of hydrogen-bond donors (Lipinski definition) is 0. The number of thioether (sulfide) groups is 1. The molecule has 78 valence electrons. The fourth-order valence-corrected chi connectivity index (χ4v) is 2.44. The predicted octanol–water partition coefficient (Wildman–Crippen LogP) is 4.48. The standard InChI is InChI=1S/C14H16S/c1-11(2)15-10-13-8-5-7-12-6-3-4-9-14(12)13/h3-9,11H,10H2,1-2H3. The fraction of sp³-hybridized carbons (Fsp3) is 0.286. The minimum absolute atomic E-state index is 0.698. The topological polar surface area (TPSA) is 0 Å². The largest absolute Gasteiger partial charge is 0.154 e. The number of fused-ring (bicyclic) bond motifs is 1. The highest BCUT2D eigenvalue weighted by Crippen LogP contribution is 2.24. The second-order valence-electron chi connectivity index (χ2n) is 4.00. The first-order valence-electron chi connectivity index (χ1n) is 5.35. The maximum Gasteiger partial charge on any atom is 0.0193 e. The number of hydrogen-bond acceptors (Lipinski definition) is 1. The molecule has 0 heterocycles. The van der Waals surface area contributed by atoms with Gasteiger partial charge in [-0.2, -0.15) is 11.8 Å². The van der Waals surface area contributed by atoms with Gasteiger partial charge in [0.25, 0.3) is 0 Å². The van der Waals surface area contributed by atoms with E-state index in [4.69, 9.17) is 0 Å². The first-order chi connectivity index (χ1) is 7.27. The van der Waals surface area contributed by atoms with Gasteiger partial charge in [0.05, 0.1) is 0 Å². The van der Waals surface area contributed by atoms with Crippen molar-refractivity contribution in [1.29, 1.82) is 0 Å². The van der Waals surface area contributed by atoms with Crippen LogP contribution in [-0.4, -0.2) is 5.25 Å². The summed E-state index contributed by atoms with van der Waals surface area (Å²) in [4.78, 5) is 0. The van der Waals surface area contributed by atoms with Crippen LogP contribution in [0.25, 0.3) is 10.8 Å². The molecule has 0 bridgehead atoms. The molecule has 0 fully saturated rings. The average molecular weight is 216 g/mol. The van der Waals surface area contributed by atoms with Crippen LogP contribution in [0.2, 0.25) is 0 Å². The Bertz CT molecular complexity index is 441. The van der Waals surface area contributed by atoms with Crippen LogP contribution in [0.4, 0.5) is 0 Å². The lowest BCUT2D eigenvalue weighted by Gasteiger charge is -2.08. The Labute approximate surface area is 95.7 Å². The maximum absolute atomic E-state index is 2.25. The van der Waals surface area contributed by atoms with E-state index in [1.165, 1.54) is 16.3 Å². The van der Waals surface area contributed by atoms with E-state index in [0.29, 0.717) is 5.25 Å². The van der Waals surface area contributed by atoms with Gasteiger partial charge < -0.3 is 0 Å². The molecule has 0 radical (unpaired) electrons. The van der Waals surface area contributed by atoms with Crippen LogP contribution in [0.1, 0.15) is 19.4 Å². The Morgan fingerprint density at radius 3 is 2.53 bits per heavy atom. The zero-order valence-corrected chi connectivity index (χ0v) is 10.1. The Morgan fingerprint density at radius 1 is 1.00 bits per heavy atom. The summed E-state index contributed by atoms with van der Waals surface area (Å²) in [5.41, 5.74) is 1.45. The van der Waals surface area contributed by atoms with Gasteiger partial charge in [-0.1, -0.05) is 56.3 Å². The van der Waals surface area contributed by atoms with Crippen molar-refractivity contribution in [2.45, 2.75) is 24.9 Å². The second-order valence-corrected chi connectivity index (χ2v) is 5.56. The predicted molar refractivity (Wildman–Crippen MR) is 70.4 cm³/mol. The smallest absolute Gasteiger partial charge is 0.0193 e. The normalized spacial score (nSPS) is 11.1. The summed E-state index contributed by atoms with van der Waals surface area (Å²) >= 11 is 2.00. The first-order valence-corrected chi connectivity index (χ1v) is 6.40. The van der Waals surface area contributed by atoms with E-state index in [0.717, 1.165) is 5.75 Å². The van der Waals surface area contributed by atoms with E-state index >= 15 is 0 Å². The molecular weight excluding hydrogens is 200 g/mol. The average Bonchev–Trinajstić information content (AvgIpc) is 2.26. The summed E-state index contributed by atoms with van der Waals surface area (Å²) < 4.78 is 0. The van der Waals surface area contributed by atoms with Crippen molar-refractivity contribution >= 4 is 22.5 Å². The molecule has 0 nitrogen and oxygen atoms in total. The molecule has 0 N–H and O–H groups in total. The van der Waals surface area contributed by atoms with Crippen molar-refractivity contribution in [2.75, 3.05) is 0 Å². The molecule has 0 aliphatic carbocycles. The minimum Gasteiger partial charge on any atom is -0.154 e. The molecule has 0 atom stereocenters. The summed E-state index contributed by atoms with van der Waals surface area (Å²) in [6, 6.07) is 15.2. The second kappa shape index (κ2) is 4.71. The molecule has 1 heteroatoms. The lowest BCUT2D eigenvalue weighted by Crippen LogP contribution is -1.89. The van der Waals surface area contributed by atoms with Crippen LogP contribution in [0.5, 0.6) is 0 Å². The monoisotopic (exact) mass is 216 g/mol. The van der Waals surface area contributed by atoms with E-state index in [-0.39, 0.29) is 0 Å². The van der Waals surface area contributed by atoms with Crippen LogP contribution in [0.3, 0.4) is 0 Å². The lowest BCUT2D eigenvalue weighted by atomic mass is 10.1. The summed E-state index contributed by atoms with van der Waals surface area (Å²) in [5, 5.41) is 3.44. The van der Waals surface area contributed by atoms with Crippen molar-refractivity contribution in [1.82, 2.24) is 0 Å². The molecule has 0 saturated carbocycles. The van der Waals surface area contributed by atoms with Gasteiger partial charge in [0.1, 0.15) is 0 Å². The summed E-state index contributed by atoms with van der Waals surface area (Å²) in [6.07, 6.45) is 0. The number of rotatable bonds is 3. The molecule has 2 rings (SSSR count). The van der Waals surface area contributed by atoms with Crippen LogP contribution < -0.4 is 0 Å². The Hall–Kier alpha value is -0.950. The van der Waals surface area contributed by atoms with Gasteiger partial charge in [-0.15, -0.1) is 0 Å². The van der Waals surface area contributed by atoms with Gasteiger partial charge in [-0.3, -0.25) is 0 Å². The van der Waals surface area contributed by atoms with Gasteiger partial charge >= 0.3 is 0 Å². The van der Waals surface area contributed by atoms with Crippen molar-refractivity contribution < 1.29 is 0 Å². The van der Waals surface area contributed by atoms with Gasteiger partial charge in [0.15, 0.2) is 0 Å². The molecule has 2 aromatic rings. The van der Waals surface area contributed by atoms with Crippen molar-refractivity contribution in [2.24, 2.45) is 0 Å².